The van der Waals surface area contributed by atoms with Crippen LogP contribution in [0.1, 0.15) is 19.8 Å². The third-order valence-electron chi connectivity index (χ3n) is 4.31. The van der Waals surface area contributed by atoms with Gasteiger partial charge in [-0.25, -0.2) is 0 Å². The minimum atomic E-state index is -4.82. The molecule has 0 aliphatic carbocycles. The summed E-state index contributed by atoms with van der Waals surface area (Å²) < 4.78 is 42.5. The molecule has 2 saturated heterocycles. The molecule has 2 heterocycles. The van der Waals surface area contributed by atoms with Crippen molar-refractivity contribution in [3.63, 3.8) is 0 Å². The standard InChI is InChI=1S/C14H22F3N3O3/c1-9-11(18-4-7-23-9)12(21)19-8-10-2-5-20(6-3-10)13(22)14(15,16)17/h9-11,18H,2-8H2,1H3,(H,19,21)/t9-,11+/m1/s1. The molecule has 132 valence electrons. The van der Waals surface area contributed by atoms with Gasteiger partial charge < -0.3 is 20.3 Å². The Labute approximate surface area is 132 Å². The van der Waals surface area contributed by atoms with Crippen LogP contribution < -0.4 is 10.6 Å². The topological polar surface area (TPSA) is 70.7 Å². The average molecular weight is 337 g/mol. The van der Waals surface area contributed by atoms with Gasteiger partial charge in [-0.2, -0.15) is 13.2 Å². The number of alkyl halides is 3. The predicted molar refractivity (Wildman–Crippen MR) is 75.6 cm³/mol. The van der Waals surface area contributed by atoms with E-state index in [-0.39, 0.29) is 31.0 Å². The number of carbonyl (C=O) groups excluding carboxylic acids is 2. The van der Waals surface area contributed by atoms with Gasteiger partial charge in [-0.15, -0.1) is 0 Å². The van der Waals surface area contributed by atoms with Crippen molar-refractivity contribution >= 4 is 11.8 Å². The summed E-state index contributed by atoms with van der Waals surface area (Å²) in [4.78, 5) is 24.1. The molecule has 2 rings (SSSR count). The highest BCUT2D eigenvalue weighted by Gasteiger charge is 2.43. The summed E-state index contributed by atoms with van der Waals surface area (Å²) in [5.74, 6) is -1.86. The number of piperidine rings is 1. The summed E-state index contributed by atoms with van der Waals surface area (Å²) in [5.41, 5.74) is 0. The molecule has 2 fully saturated rings. The van der Waals surface area contributed by atoms with Crippen LogP contribution in [0, 0.1) is 5.92 Å². The van der Waals surface area contributed by atoms with Gasteiger partial charge in [0.05, 0.1) is 12.7 Å². The normalized spacial score (nSPS) is 26.9. The fourth-order valence-electron chi connectivity index (χ4n) is 2.90. The van der Waals surface area contributed by atoms with Gasteiger partial charge in [-0.3, -0.25) is 9.59 Å². The Balaban J connectivity index is 1.72. The minimum absolute atomic E-state index is 0.0695. The van der Waals surface area contributed by atoms with Crippen LogP contribution in [0.15, 0.2) is 0 Å². The molecule has 2 N–H and O–H groups in total. The van der Waals surface area contributed by atoms with Crippen LogP contribution in [0.4, 0.5) is 13.2 Å². The van der Waals surface area contributed by atoms with E-state index >= 15 is 0 Å². The van der Waals surface area contributed by atoms with Crippen LogP contribution in [0.25, 0.3) is 0 Å². The maximum Gasteiger partial charge on any atom is 0.471 e. The Morgan fingerprint density at radius 3 is 2.52 bits per heavy atom. The summed E-state index contributed by atoms with van der Waals surface area (Å²) >= 11 is 0. The lowest BCUT2D eigenvalue weighted by Gasteiger charge is -2.33. The van der Waals surface area contributed by atoms with Crippen LogP contribution in [-0.4, -0.2) is 67.8 Å². The summed E-state index contributed by atoms with van der Waals surface area (Å²) in [6, 6.07) is -0.407. The van der Waals surface area contributed by atoms with Crippen molar-refractivity contribution in [2.24, 2.45) is 5.92 Å². The second kappa shape index (κ2) is 7.48. The van der Waals surface area contributed by atoms with Crippen molar-refractivity contribution in [1.82, 2.24) is 15.5 Å². The zero-order chi connectivity index (χ0) is 17.0. The second-order valence-electron chi connectivity index (χ2n) is 5.99. The lowest BCUT2D eigenvalue weighted by Crippen LogP contribution is -2.56. The van der Waals surface area contributed by atoms with Gasteiger partial charge >= 0.3 is 12.1 Å². The Morgan fingerprint density at radius 1 is 1.30 bits per heavy atom. The lowest BCUT2D eigenvalue weighted by atomic mass is 9.96. The molecule has 23 heavy (non-hydrogen) atoms. The minimum Gasteiger partial charge on any atom is -0.375 e. The van der Waals surface area contributed by atoms with Crippen molar-refractivity contribution in [2.45, 2.75) is 38.1 Å². The highest BCUT2D eigenvalue weighted by molar-refractivity contribution is 5.82. The molecule has 6 nitrogen and oxygen atoms in total. The number of hydrogen-bond acceptors (Lipinski definition) is 4. The maximum atomic E-state index is 12.4. The first-order valence-electron chi connectivity index (χ1n) is 7.78. The number of carbonyl (C=O) groups is 2. The van der Waals surface area contributed by atoms with E-state index < -0.39 is 18.1 Å². The highest BCUT2D eigenvalue weighted by atomic mass is 19.4. The number of nitrogens with one attached hydrogen (secondary N) is 2. The molecule has 0 aromatic heterocycles. The number of halogens is 3. The van der Waals surface area contributed by atoms with Gasteiger partial charge in [-0.1, -0.05) is 0 Å². The van der Waals surface area contributed by atoms with E-state index in [2.05, 4.69) is 10.6 Å². The van der Waals surface area contributed by atoms with Crippen molar-refractivity contribution in [2.75, 3.05) is 32.8 Å². The Hall–Kier alpha value is -1.35. The molecule has 9 heteroatoms. The van der Waals surface area contributed by atoms with E-state index in [0.717, 1.165) is 4.90 Å². The molecule has 0 aromatic rings. The van der Waals surface area contributed by atoms with Gasteiger partial charge in [-0.05, 0) is 25.7 Å². The number of morpholine rings is 1. The molecule has 0 aromatic carbocycles. The zero-order valence-electron chi connectivity index (χ0n) is 13.0. The van der Waals surface area contributed by atoms with Crippen LogP contribution in [-0.2, 0) is 14.3 Å². The quantitative estimate of drug-likeness (QED) is 0.776. The maximum absolute atomic E-state index is 12.4. The molecule has 0 unspecified atom stereocenters. The summed E-state index contributed by atoms with van der Waals surface area (Å²) in [6.45, 7) is 3.53. The van der Waals surface area contributed by atoms with E-state index in [0.29, 0.717) is 32.5 Å². The van der Waals surface area contributed by atoms with Crippen molar-refractivity contribution < 1.29 is 27.5 Å². The largest absolute Gasteiger partial charge is 0.471 e. The van der Waals surface area contributed by atoms with E-state index in [1.807, 2.05) is 6.92 Å². The van der Waals surface area contributed by atoms with Crippen LogP contribution in [0.2, 0.25) is 0 Å². The van der Waals surface area contributed by atoms with Crippen molar-refractivity contribution in [1.29, 1.82) is 0 Å². The monoisotopic (exact) mass is 337 g/mol. The van der Waals surface area contributed by atoms with Gasteiger partial charge in [0.2, 0.25) is 5.91 Å². The Bertz CT molecular complexity index is 437. The molecule has 0 saturated carbocycles. The highest BCUT2D eigenvalue weighted by Crippen LogP contribution is 2.23. The lowest BCUT2D eigenvalue weighted by molar-refractivity contribution is -0.186. The first kappa shape index (κ1) is 18.0. The smallest absolute Gasteiger partial charge is 0.375 e. The summed E-state index contributed by atoms with van der Waals surface area (Å²) in [5, 5.41) is 5.90. The molecular formula is C14H22F3N3O3. The first-order chi connectivity index (χ1) is 10.8. The zero-order valence-corrected chi connectivity index (χ0v) is 13.0. The van der Waals surface area contributed by atoms with E-state index in [1.165, 1.54) is 0 Å². The number of amides is 2. The molecule has 2 aliphatic heterocycles. The second-order valence-corrected chi connectivity index (χ2v) is 5.99. The number of ether oxygens (including phenoxy) is 1. The molecule has 2 aliphatic rings. The van der Waals surface area contributed by atoms with Gasteiger partial charge in [0.25, 0.3) is 0 Å². The third kappa shape index (κ3) is 4.81. The fraction of sp³-hybridized carbons (Fsp3) is 0.857. The average Bonchev–Trinajstić information content (AvgIpc) is 2.52. The van der Waals surface area contributed by atoms with Gasteiger partial charge in [0, 0.05) is 26.2 Å². The number of rotatable bonds is 3. The van der Waals surface area contributed by atoms with Gasteiger partial charge in [0.1, 0.15) is 6.04 Å². The van der Waals surface area contributed by atoms with Crippen LogP contribution in [0.5, 0.6) is 0 Å². The van der Waals surface area contributed by atoms with E-state index in [4.69, 9.17) is 4.74 Å². The van der Waals surface area contributed by atoms with Crippen molar-refractivity contribution in [3.8, 4) is 0 Å². The SMILES string of the molecule is C[C@H]1OCCN[C@@H]1C(=O)NCC1CCN(C(=O)C(F)(F)F)CC1. The number of nitrogens with zero attached hydrogens (tertiary/aromatic N) is 1. The molecule has 2 atom stereocenters. The van der Waals surface area contributed by atoms with Crippen LogP contribution in [0.3, 0.4) is 0 Å². The van der Waals surface area contributed by atoms with E-state index in [9.17, 15) is 22.8 Å². The molecular weight excluding hydrogens is 315 g/mol. The van der Waals surface area contributed by atoms with Crippen molar-refractivity contribution in [3.05, 3.63) is 0 Å². The Morgan fingerprint density at radius 2 is 1.96 bits per heavy atom. The molecule has 2 amide bonds. The molecule has 0 spiro atoms. The third-order valence-corrected chi connectivity index (χ3v) is 4.31. The summed E-state index contributed by atoms with van der Waals surface area (Å²) in [7, 11) is 0. The number of hydrogen-bond donors (Lipinski definition) is 2. The fourth-order valence-corrected chi connectivity index (χ4v) is 2.90. The summed E-state index contributed by atoms with van der Waals surface area (Å²) in [6.07, 6.45) is -4.13. The first-order valence-corrected chi connectivity index (χ1v) is 7.78. The van der Waals surface area contributed by atoms with Crippen LogP contribution >= 0.6 is 0 Å². The van der Waals surface area contributed by atoms with Gasteiger partial charge in [0.15, 0.2) is 0 Å². The Kier molecular flexibility index (Phi) is 5.85. The molecule has 0 bridgehead atoms. The van der Waals surface area contributed by atoms with E-state index in [1.54, 1.807) is 0 Å². The predicted octanol–water partition coefficient (Wildman–Crippen LogP) is 0.280. The number of likely N-dealkylation sites (tertiary alicyclic amines) is 1. The molecule has 0 radical (unpaired) electrons.